The normalized spacial score (nSPS) is 23.3. The molecule has 2 aliphatic heterocycles. The van der Waals surface area contributed by atoms with Crippen LogP contribution >= 0.6 is 0 Å². The van der Waals surface area contributed by atoms with Crippen molar-refractivity contribution in [2.45, 2.75) is 38.8 Å². The molecule has 2 aromatic rings. The van der Waals surface area contributed by atoms with Crippen LogP contribution in [-0.2, 0) is 13.0 Å². The molecule has 4 rings (SSSR count). The molecule has 0 bridgehead atoms. The van der Waals surface area contributed by atoms with Gasteiger partial charge in [0.1, 0.15) is 5.82 Å². The molecule has 1 N–H and O–H groups in total. The largest absolute Gasteiger partial charge is 0.358 e. The number of aromatic amines is 1. The summed E-state index contributed by atoms with van der Waals surface area (Å²) in [5, 5.41) is 1.09. The van der Waals surface area contributed by atoms with Gasteiger partial charge in [0.2, 0.25) is 0 Å². The fourth-order valence-corrected chi connectivity index (χ4v) is 3.66. The highest BCUT2D eigenvalue weighted by Gasteiger charge is 2.32. The van der Waals surface area contributed by atoms with Gasteiger partial charge in [0.15, 0.2) is 0 Å². The molecule has 0 saturated carbocycles. The minimum Gasteiger partial charge on any atom is -0.358 e. The van der Waals surface area contributed by atoms with E-state index in [0.29, 0.717) is 6.04 Å². The van der Waals surface area contributed by atoms with Crippen LogP contribution in [0.4, 0.5) is 4.39 Å². The topological polar surface area (TPSA) is 19.0 Å². The molecule has 0 radical (unpaired) electrons. The van der Waals surface area contributed by atoms with Crippen LogP contribution in [0.15, 0.2) is 12.1 Å². The van der Waals surface area contributed by atoms with E-state index in [2.05, 4.69) is 9.88 Å². The van der Waals surface area contributed by atoms with Gasteiger partial charge in [-0.3, -0.25) is 4.90 Å². The minimum absolute atomic E-state index is 0.120. The molecule has 1 saturated heterocycles. The lowest BCUT2D eigenvalue weighted by Crippen LogP contribution is -2.34. The maximum absolute atomic E-state index is 13.6. The number of aromatic nitrogens is 1. The molecular weight excluding hydrogens is 227 g/mol. The zero-order chi connectivity index (χ0) is 12.3. The smallest absolute Gasteiger partial charge is 0.124 e. The lowest BCUT2D eigenvalue weighted by Gasteiger charge is -2.29. The molecule has 0 aliphatic carbocycles. The van der Waals surface area contributed by atoms with Crippen LogP contribution in [0.3, 0.4) is 0 Å². The number of aryl methyl sites for hydroxylation is 1. The molecule has 0 unspecified atom stereocenters. The van der Waals surface area contributed by atoms with Crippen molar-refractivity contribution in [3.05, 3.63) is 34.8 Å². The van der Waals surface area contributed by atoms with E-state index in [0.717, 1.165) is 29.4 Å². The van der Waals surface area contributed by atoms with E-state index in [1.165, 1.54) is 30.6 Å². The Bertz CT molecular complexity index is 629. The Kier molecular flexibility index (Phi) is 2.10. The van der Waals surface area contributed by atoms with E-state index in [9.17, 15) is 4.39 Å². The second kappa shape index (κ2) is 3.58. The SMILES string of the molecule is Cc1cc(F)cc2c3c([nH]c12)C[C@H]1CCCN1C3. The first-order valence-corrected chi connectivity index (χ1v) is 6.76. The number of H-pyrrole nitrogens is 1. The third kappa shape index (κ3) is 1.37. The van der Waals surface area contributed by atoms with Crippen molar-refractivity contribution in [1.82, 2.24) is 9.88 Å². The van der Waals surface area contributed by atoms with Crippen LogP contribution in [0, 0.1) is 12.7 Å². The fraction of sp³-hybridized carbons (Fsp3) is 0.467. The maximum Gasteiger partial charge on any atom is 0.124 e. The van der Waals surface area contributed by atoms with Gasteiger partial charge in [0.25, 0.3) is 0 Å². The Morgan fingerprint density at radius 2 is 2.28 bits per heavy atom. The highest BCUT2D eigenvalue weighted by molar-refractivity contribution is 5.87. The van der Waals surface area contributed by atoms with Crippen LogP contribution in [0.5, 0.6) is 0 Å². The first-order valence-electron chi connectivity index (χ1n) is 6.76. The average Bonchev–Trinajstić information content (AvgIpc) is 2.90. The minimum atomic E-state index is -0.120. The van der Waals surface area contributed by atoms with Crippen molar-refractivity contribution in [2.75, 3.05) is 6.54 Å². The highest BCUT2D eigenvalue weighted by atomic mass is 19.1. The summed E-state index contributed by atoms with van der Waals surface area (Å²) in [5.74, 6) is -0.120. The van der Waals surface area contributed by atoms with Crippen molar-refractivity contribution in [3.8, 4) is 0 Å². The number of nitrogens with zero attached hydrogens (tertiary/aromatic N) is 1. The van der Waals surface area contributed by atoms with Gasteiger partial charge in [-0.15, -0.1) is 0 Å². The molecule has 3 heterocycles. The molecule has 18 heavy (non-hydrogen) atoms. The van der Waals surface area contributed by atoms with Gasteiger partial charge in [0.05, 0.1) is 0 Å². The van der Waals surface area contributed by atoms with E-state index in [-0.39, 0.29) is 5.82 Å². The van der Waals surface area contributed by atoms with Gasteiger partial charge in [-0.05, 0) is 49.6 Å². The van der Waals surface area contributed by atoms with E-state index in [1.54, 1.807) is 12.1 Å². The Morgan fingerprint density at radius 3 is 3.17 bits per heavy atom. The number of halogens is 1. The summed E-state index contributed by atoms with van der Waals surface area (Å²) in [6, 6.07) is 4.01. The van der Waals surface area contributed by atoms with Crippen LogP contribution < -0.4 is 0 Å². The lowest BCUT2D eigenvalue weighted by molar-refractivity contribution is 0.227. The molecule has 0 spiro atoms. The number of fused-ring (bicyclic) bond motifs is 4. The third-order valence-electron chi connectivity index (χ3n) is 4.57. The average molecular weight is 244 g/mol. The quantitative estimate of drug-likeness (QED) is 0.754. The monoisotopic (exact) mass is 244 g/mol. The number of hydrogen-bond acceptors (Lipinski definition) is 1. The molecule has 1 fully saturated rings. The molecule has 1 atom stereocenters. The zero-order valence-corrected chi connectivity index (χ0v) is 10.6. The molecule has 2 aliphatic rings. The first kappa shape index (κ1) is 10.6. The molecule has 3 heteroatoms. The van der Waals surface area contributed by atoms with E-state index < -0.39 is 0 Å². The molecule has 0 amide bonds. The van der Waals surface area contributed by atoms with Gasteiger partial charge in [-0.1, -0.05) is 0 Å². The molecular formula is C15H17FN2. The van der Waals surface area contributed by atoms with Gasteiger partial charge in [0, 0.05) is 35.6 Å². The standard InChI is InChI=1S/C15H17FN2/c1-9-5-10(16)6-12-13-8-18-4-2-3-11(18)7-14(13)17-15(9)12/h5-6,11,17H,2-4,7-8H2,1H3/t11-/m1/s1. The highest BCUT2D eigenvalue weighted by Crippen LogP contribution is 2.35. The van der Waals surface area contributed by atoms with Crippen molar-refractivity contribution in [2.24, 2.45) is 0 Å². The number of hydrogen-bond donors (Lipinski definition) is 1. The van der Waals surface area contributed by atoms with Crippen molar-refractivity contribution >= 4 is 10.9 Å². The third-order valence-corrected chi connectivity index (χ3v) is 4.57. The number of rotatable bonds is 0. The Balaban J connectivity index is 1.92. The van der Waals surface area contributed by atoms with Crippen LogP contribution in [0.2, 0.25) is 0 Å². The Hall–Kier alpha value is -1.35. The summed E-state index contributed by atoms with van der Waals surface area (Å²) in [7, 11) is 0. The number of nitrogens with one attached hydrogen (secondary N) is 1. The first-order chi connectivity index (χ1) is 8.72. The summed E-state index contributed by atoms with van der Waals surface area (Å²) in [6.07, 6.45) is 3.72. The van der Waals surface area contributed by atoms with Crippen molar-refractivity contribution in [3.63, 3.8) is 0 Å². The number of benzene rings is 1. The molecule has 1 aromatic carbocycles. The maximum atomic E-state index is 13.6. The van der Waals surface area contributed by atoms with Crippen LogP contribution in [-0.4, -0.2) is 22.5 Å². The summed E-state index contributed by atoms with van der Waals surface area (Å²) < 4.78 is 13.6. The second-order valence-corrected chi connectivity index (χ2v) is 5.70. The predicted octanol–water partition coefficient (Wildman–Crippen LogP) is 3.14. The Labute approximate surface area is 106 Å². The van der Waals surface area contributed by atoms with Gasteiger partial charge >= 0.3 is 0 Å². The molecule has 94 valence electrons. The summed E-state index contributed by atoms with van der Waals surface area (Å²) in [5.41, 5.74) is 4.80. The summed E-state index contributed by atoms with van der Waals surface area (Å²) >= 11 is 0. The lowest BCUT2D eigenvalue weighted by atomic mass is 9.98. The van der Waals surface area contributed by atoms with E-state index >= 15 is 0 Å². The second-order valence-electron chi connectivity index (χ2n) is 5.70. The van der Waals surface area contributed by atoms with Gasteiger partial charge in [-0.2, -0.15) is 0 Å². The Morgan fingerprint density at radius 1 is 1.39 bits per heavy atom. The summed E-state index contributed by atoms with van der Waals surface area (Å²) in [6.45, 7) is 4.17. The fourth-order valence-electron chi connectivity index (χ4n) is 3.66. The molecule has 2 nitrogen and oxygen atoms in total. The van der Waals surface area contributed by atoms with Crippen molar-refractivity contribution < 1.29 is 4.39 Å². The predicted molar refractivity (Wildman–Crippen MR) is 70.1 cm³/mol. The summed E-state index contributed by atoms with van der Waals surface area (Å²) in [4.78, 5) is 6.08. The van der Waals surface area contributed by atoms with E-state index in [4.69, 9.17) is 0 Å². The van der Waals surface area contributed by atoms with Crippen LogP contribution in [0.25, 0.3) is 10.9 Å². The van der Waals surface area contributed by atoms with Gasteiger partial charge in [-0.25, -0.2) is 4.39 Å². The van der Waals surface area contributed by atoms with Crippen molar-refractivity contribution in [1.29, 1.82) is 0 Å². The zero-order valence-electron chi connectivity index (χ0n) is 10.6. The van der Waals surface area contributed by atoms with Gasteiger partial charge < -0.3 is 4.98 Å². The molecule has 1 aromatic heterocycles. The van der Waals surface area contributed by atoms with E-state index in [1.807, 2.05) is 6.92 Å². The van der Waals surface area contributed by atoms with Crippen LogP contribution in [0.1, 0.15) is 29.7 Å².